The van der Waals surface area contributed by atoms with Crippen molar-refractivity contribution in [1.29, 1.82) is 5.26 Å². The van der Waals surface area contributed by atoms with E-state index in [2.05, 4.69) is 6.07 Å². The van der Waals surface area contributed by atoms with E-state index in [0.717, 1.165) is 12.8 Å². The number of ether oxygens (including phenoxy) is 1. The van der Waals surface area contributed by atoms with Crippen molar-refractivity contribution < 1.29 is 4.74 Å². The summed E-state index contributed by atoms with van der Waals surface area (Å²) in [6, 6.07) is 2.23. The van der Waals surface area contributed by atoms with Crippen molar-refractivity contribution in [3.63, 3.8) is 0 Å². The SMILES string of the molecule is N#CC1CCC2OC12. The second-order valence-corrected chi connectivity index (χ2v) is 2.45. The minimum Gasteiger partial charge on any atom is -0.368 e. The van der Waals surface area contributed by atoms with E-state index in [1.165, 1.54) is 0 Å². The fourth-order valence-electron chi connectivity index (χ4n) is 1.39. The Balaban J connectivity index is 2.09. The van der Waals surface area contributed by atoms with Crippen molar-refractivity contribution in [1.82, 2.24) is 0 Å². The highest BCUT2D eigenvalue weighted by Gasteiger charge is 2.50. The zero-order valence-electron chi connectivity index (χ0n) is 4.50. The molecule has 1 aliphatic carbocycles. The van der Waals surface area contributed by atoms with E-state index >= 15 is 0 Å². The molecule has 1 saturated carbocycles. The molecule has 2 nitrogen and oxygen atoms in total. The summed E-state index contributed by atoms with van der Waals surface area (Å²) in [5, 5.41) is 8.43. The van der Waals surface area contributed by atoms with E-state index in [9.17, 15) is 0 Å². The number of fused-ring (bicyclic) bond motifs is 1. The number of hydrogen-bond acceptors (Lipinski definition) is 2. The van der Waals surface area contributed by atoms with E-state index in [4.69, 9.17) is 10.00 Å². The van der Waals surface area contributed by atoms with Gasteiger partial charge < -0.3 is 4.74 Å². The van der Waals surface area contributed by atoms with Crippen LogP contribution in [0.2, 0.25) is 0 Å². The third-order valence-electron chi connectivity index (χ3n) is 1.95. The van der Waals surface area contributed by atoms with Gasteiger partial charge in [-0.1, -0.05) is 0 Å². The molecule has 0 bridgehead atoms. The third kappa shape index (κ3) is 0.399. The van der Waals surface area contributed by atoms with Gasteiger partial charge in [-0.3, -0.25) is 0 Å². The molecule has 0 aromatic carbocycles. The highest BCUT2D eigenvalue weighted by molar-refractivity contribution is 5.06. The van der Waals surface area contributed by atoms with Gasteiger partial charge in [-0.25, -0.2) is 0 Å². The summed E-state index contributed by atoms with van der Waals surface area (Å²) in [4.78, 5) is 0. The lowest BCUT2D eigenvalue weighted by molar-refractivity contribution is 0.294. The lowest BCUT2D eigenvalue weighted by Gasteiger charge is -1.94. The van der Waals surface area contributed by atoms with Crippen molar-refractivity contribution in [2.24, 2.45) is 5.92 Å². The first-order chi connectivity index (χ1) is 3.92. The maximum Gasteiger partial charge on any atom is 0.0999 e. The number of hydrogen-bond donors (Lipinski definition) is 0. The van der Waals surface area contributed by atoms with Crippen molar-refractivity contribution in [3.05, 3.63) is 0 Å². The third-order valence-corrected chi connectivity index (χ3v) is 1.95. The fraction of sp³-hybridized carbons (Fsp3) is 0.833. The Kier molecular flexibility index (Phi) is 0.671. The topological polar surface area (TPSA) is 36.3 Å². The molecule has 2 fully saturated rings. The summed E-state index contributed by atoms with van der Waals surface area (Å²) in [5.41, 5.74) is 0. The monoisotopic (exact) mass is 109 g/mol. The van der Waals surface area contributed by atoms with Gasteiger partial charge in [0.05, 0.1) is 24.2 Å². The van der Waals surface area contributed by atoms with Crippen molar-refractivity contribution in [3.8, 4) is 6.07 Å². The van der Waals surface area contributed by atoms with Gasteiger partial charge in [-0.05, 0) is 12.8 Å². The average Bonchev–Trinajstić information content (AvgIpc) is 2.46. The van der Waals surface area contributed by atoms with Crippen LogP contribution in [0, 0.1) is 17.2 Å². The molecule has 2 aliphatic rings. The van der Waals surface area contributed by atoms with Gasteiger partial charge in [0.2, 0.25) is 0 Å². The predicted molar refractivity (Wildman–Crippen MR) is 27.0 cm³/mol. The van der Waals surface area contributed by atoms with Crippen LogP contribution in [0.5, 0.6) is 0 Å². The van der Waals surface area contributed by atoms with E-state index in [-0.39, 0.29) is 5.92 Å². The van der Waals surface area contributed by atoms with E-state index in [1.807, 2.05) is 0 Å². The Labute approximate surface area is 48.1 Å². The molecular formula is C6H7NO. The molecule has 1 aliphatic heterocycles. The van der Waals surface area contributed by atoms with Crippen LogP contribution < -0.4 is 0 Å². The summed E-state index contributed by atoms with van der Waals surface area (Å²) >= 11 is 0. The van der Waals surface area contributed by atoms with Crippen LogP contribution in [-0.4, -0.2) is 12.2 Å². The highest BCUT2D eigenvalue weighted by Crippen LogP contribution is 2.42. The first-order valence-corrected chi connectivity index (χ1v) is 2.97. The molecular weight excluding hydrogens is 102 g/mol. The molecule has 2 rings (SSSR count). The molecule has 0 spiro atoms. The van der Waals surface area contributed by atoms with Crippen LogP contribution in [-0.2, 0) is 4.74 Å². The zero-order valence-corrected chi connectivity index (χ0v) is 4.50. The summed E-state index contributed by atoms with van der Waals surface area (Å²) in [7, 11) is 0. The van der Waals surface area contributed by atoms with Gasteiger partial charge in [-0.2, -0.15) is 5.26 Å². The van der Waals surface area contributed by atoms with Crippen molar-refractivity contribution >= 4 is 0 Å². The van der Waals surface area contributed by atoms with Crippen LogP contribution in [0.4, 0.5) is 0 Å². The minimum absolute atomic E-state index is 0.222. The number of rotatable bonds is 0. The van der Waals surface area contributed by atoms with Crippen LogP contribution >= 0.6 is 0 Å². The van der Waals surface area contributed by atoms with Crippen LogP contribution in [0.1, 0.15) is 12.8 Å². The minimum atomic E-state index is 0.222. The maximum atomic E-state index is 8.43. The Morgan fingerprint density at radius 3 is 2.62 bits per heavy atom. The summed E-state index contributed by atoms with van der Waals surface area (Å²) < 4.78 is 5.13. The van der Waals surface area contributed by atoms with Crippen LogP contribution in [0.15, 0.2) is 0 Å². The number of nitriles is 1. The van der Waals surface area contributed by atoms with Crippen LogP contribution in [0.25, 0.3) is 0 Å². The van der Waals surface area contributed by atoms with Gasteiger partial charge in [0.1, 0.15) is 0 Å². The lowest BCUT2D eigenvalue weighted by atomic mass is 10.1. The summed E-state index contributed by atoms with van der Waals surface area (Å²) in [6.45, 7) is 0. The molecule has 0 N–H and O–H groups in total. The molecule has 0 aromatic rings. The predicted octanol–water partition coefficient (Wildman–Crippen LogP) is 0.687. The molecule has 2 heteroatoms. The van der Waals surface area contributed by atoms with Crippen molar-refractivity contribution in [2.45, 2.75) is 25.0 Å². The van der Waals surface area contributed by atoms with E-state index < -0.39 is 0 Å². The van der Waals surface area contributed by atoms with Crippen molar-refractivity contribution in [2.75, 3.05) is 0 Å². The Hall–Kier alpha value is -0.550. The smallest absolute Gasteiger partial charge is 0.0999 e. The fourth-order valence-corrected chi connectivity index (χ4v) is 1.39. The second kappa shape index (κ2) is 1.24. The zero-order chi connectivity index (χ0) is 5.56. The lowest BCUT2D eigenvalue weighted by Crippen LogP contribution is -1.98. The number of epoxide rings is 1. The summed E-state index contributed by atoms with van der Waals surface area (Å²) in [6.07, 6.45) is 2.98. The first-order valence-electron chi connectivity index (χ1n) is 2.97. The summed E-state index contributed by atoms with van der Waals surface area (Å²) in [5.74, 6) is 0.222. The van der Waals surface area contributed by atoms with E-state index in [0.29, 0.717) is 12.2 Å². The normalized spacial score (nSPS) is 50.1. The first kappa shape index (κ1) is 4.34. The molecule has 1 saturated heterocycles. The highest BCUT2D eigenvalue weighted by atomic mass is 16.6. The van der Waals surface area contributed by atoms with Gasteiger partial charge in [-0.15, -0.1) is 0 Å². The molecule has 8 heavy (non-hydrogen) atoms. The molecule has 42 valence electrons. The molecule has 0 aromatic heterocycles. The van der Waals surface area contributed by atoms with Gasteiger partial charge in [0.15, 0.2) is 0 Å². The standard InChI is InChI=1S/C6H7NO/c7-3-4-1-2-5-6(4)8-5/h4-6H,1-2H2. The second-order valence-electron chi connectivity index (χ2n) is 2.45. The number of nitrogens with zero attached hydrogens (tertiary/aromatic N) is 1. The molecule has 0 amide bonds. The molecule has 1 heterocycles. The molecule has 3 atom stereocenters. The van der Waals surface area contributed by atoms with Gasteiger partial charge in [0, 0.05) is 0 Å². The quantitative estimate of drug-likeness (QED) is 0.429. The maximum absolute atomic E-state index is 8.43. The van der Waals surface area contributed by atoms with Crippen LogP contribution in [0.3, 0.4) is 0 Å². The largest absolute Gasteiger partial charge is 0.368 e. The Morgan fingerprint density at radius 1 is 1.50 bits per heavy atom. The van der Waals surface area contributed by atoms with Gasteiger partial charge >= 0.3 is 0 Å². The molecule has 0 radical (unpaired) electrons. The molecule has 3 unspecified atom stereocenters. The van der Waals surface area contributed by atoms with E-state index in [1.54, 1.807) is 0 Å². The Bertz CT molecular complexity index is 149. The van der Waals surface area contributed by atoms with Gasteiger partial charge in [0.25, 0.3) is 0 Å². The average molecular weight is 109 g/mol. The Morgan fingerprint density at radius 2 is 2.38 bits per heavy atom.